The van der Waals surface area contributed by atoms with E-state index in [0.717, 1.165) is 49.1 Å². The molecule has 310 valence electrons. The maximum atomic E-state index is 14.6. The summed E-state index contributed by atoms with van der Waals surface area (Å²) in [6, 6.07) is 14.3. The lowest BCUT2D eigenvalue weighted by Crippen LogP contribution is -2.43. The zero-order valence-corrected chi connectivity index (χ0v) is 35.1. The Bertz CT molecular complexity index is 2370. The molecule has 3 aliphatic heterocycles. The van der Waals surface area contributed by atoms with Gasteiger partial charge in [0, 0.05) is 67.9 Å². The molecular weight excluding hydrogens is 760 g/mol. The Labute approximate surface area is 340 Å². The van der Waals surface area contributed by atoms with E-state index < -0.39 is 21.4 Å². The Kier molecular flexibility index (Phi) is 12.0. The Morgan fingerprint density at radius 2 is 1.78 bits per heavy atom. The Hall–Kier alpha value is -4.75. The predicted octanol–water partition coefficient (Wildman–Crippen LogP) is 5.42. The molecule has 2 aromatic carbocycles. The monoisotopic (exact) mass is 814 g/mol. The molecule has 0 radical (unpaired) electrons. The third-order valence-electron chi connectivity index (χ3n) is 12.5. The molecule has 2 unspecified atom stereocenters. The molecule has 5 heterocycles. The van der Waals surface area contributed by atoms with Gasteiger partial charge in [0.2, 0.25) is 15.8 Å². The van der Waals surface area contributed by atoms with Gasteiger partial charge < -0.3 is 29.0 Å². The van der Waals surface area contributed by atoms with Gasteiger partial charge in [-0.05, 0) is 134 Å². The minimum Gasteiger partial charge on any atom is -0.448 e. The van der Waals surface area contributed by atoms with Gasteiger partial charge >= 0.3 is 0 Å². The van der Waals surface area contributed by atoms with Crippen molar-refractivity contribution in [2.45, 2.75) is 90.3 Å². The maximum Gasteiger partial charge on any atom is 0.293 e. The highest BCUT2D eigenvalue weighted by Crippen LogP contribution is 2.40. The summed E-state index contributed by atoms with van der Waals surface area (Å²) >= 11 is 0. The second-order valence-electron chi connectivity index (χ2n) is 16.5. The number of ether oxygens (including phenoxy) is 1. The second kappa shape index (κ2) is 16.8. The number of aromatic amines is 1. The van der Waals surface area contributed by atoms with Crippen molar-refractivity contribution in [1.29, 1.82) is 5.26 Å². The lowest BCUT2D eigenvalue weighted by atomic mass is 10.0. The van der Waals surface area contributed by atoms with E-state index in [-0.39, 0.29) is 46.3 Å². The molecule has 58 heavy (non-hydrogen) atoms. The van der Waals surface area contributed by atoms with E-state index in [9.17, 15) is 27.7 Å². The molecular formula is C43H55FN8O5S. The van der Waals surface area contributed by atoms with E-state index in [1.165, 1.54) is 30.8 Å². The summed E-state index contributed by atoms with van der Waals surface area (Å²) < 4.78 is 50.0. The first-order chi connectivity index (χ1) is 27.7. The van der Waals surface area contributed by atoms with Crippen LogP contribution in [-0.2, 0) is 23.1 Å². The number of amides is 1. The number of anilines is 1. The fraction of sp³-hybridized carbons (Fsp3) is 0.512. The number of piperidine rings is 1. The number of aromatic nitrogens is 2. The van der Waals surface area contributed by atoms with Crippen molar-refractivity contribution in [3.8, 4) is 17.6 Å². The number of aryl methyl sites for hydroxylation is 1. The van der Waals surface area contributed by atoms with E-state index in [0.29, 0.717) is 56.3 Å². The Balaban J connectivity index is 1.06. The van der Waals surface area contributed by atoms with Crippen LogP contribution in [0.2, 0.25) is 0 Å². The summed E-state index contributed by atoms with van der Waals surface area (Å²) in [4.78, 5) is 38.5. The molecule has 2 aromatic heterocycles. The number of likely N-dealkylation sites (tertiary alicyclic amines) is 2. The van der Waals surface area contributed by atoms with Crippen molar-refractivity contribution in [2.24, 2.45) is 5.92 Å². The number of nitrogens with zero attached hydrogens (tertiary/aromatic N) is 6. The van der Waals surface area contributed by atoms with Crippen molar-refractivity contribution in [3.05, 3.63) is 87.2 Å². The van der Waals surface area contributed by atoms with Crippen molar-refractivity contribution in [1.82, 2.24) is 29.0 Å². The smallest absolute Gasteiger partial charge is 0.293 e. The van der Waals surface area contributed by atoms with Gasteiger partial charge in [-0.25, -0.2) is 17.5 Å². The number of sulfonamides is 1. The number of hydrogen-bond acceptors (Lipinski definition) is 9. The van der Waals surface area contributed by atoms with Crippen LogP contribution in [0.1, 0.15) is 74.1 Å². The third-order valence-corrected chi connectivity index (χ3v) is 14.4. The van der Waals surface area contributed by atoms with Crippen molar-refractivity contribution in [3.63, 3.8) is 0 Å². The molecule has 7 rings (SSSR count). The lowest BCUT2D eigenvalue weighted by molar-refractivity contribution is 0.0640. The average Bonchev–Trinajstić information content (AvgIpc) is 3.90. The fourth-order valence-corrected chi connectivity index (χ4v) is 10.6. The van der Waals surface area contributed by atoms with E-state index in [4.69, 9.17) is 4.74 Å². The zero-order valence-electron chi connectivity index (χ0n) is 34.3. The maximum absolute atomic E-state index is 14.6. The molecule has 3 saturated heterocycles. The molecule has 0 aliphatic carbocycles. The van der Waals surface area contributed by atoms with Crippen LogP contribution < -0.4 is 19.9 Å². The first kappa shape index (κ1) is 41.4. The minimum absolute atomic E-state index is 0.0608. The summed E-state index contributed by atoms with van der Waals surface area (Å²) in [5.74, 6) is -0.367. The van der Waals surface area contributed by atoms with Gasteiger partial charge in [-0.2, -0.15) is 5.26 Å². The van der Waals surface area contributed by atoms with Crippen molar-refractivity contribution < 1.29 is 22.3 Å². The largest absolute Gasteiger partial charge is 0.448 e. The number of hydrogen-bond donors (Lipinski definition) is 2. The molecule has 0 spiro atoms. The van der Waals surface area contributed by atoms with Gasteiger partial charge in [-0.15, -0.1) is 0 Å². The van der Waals surface area contributed by atoms with Gasteiger partial charge in [0.1, 0.15) is 23.3 Å². The molecule has 4 aromatic rings. The minimum atomic E-state index is -3.27. The molecule has 0 bridgehead atoms. The van der Waals surface area contributed by atoms with Crippen LogP contribution in [0.4, 0.5) is 10.1 Å². The lowest BCUT2D eigenvalue weighted by Gasteiger charge is -2.31. The van der Waals surface area contributed by atoms with Crippen LogP contribution in [0.25, 0.3) is 10.9 Å². The molecule has 1 amide bonds. The molecule has 2 atom stereocenters. The zero-order chi connectivity index (χ0) is 41.5. The quantitative estimate of drug-likeness (QED) is 0.181. The number of rotatable bonds is 13. The summed E-state index contributed by atoms with van der Waals surface area (Å²) in [6.07, 6.45) is 3.79. The fourth-order valence-electron chi connectivity index (χ4n) is 9.41. The first-order valence-electron chi connectivity index (χ1n) is 20.4. The number of pyridine rings is 1. The SMILES string of the molecule is CNS(=O)(=O)C1CCN(CCn2c(C#N)cc3c(C)c(CN4CCC5CN(c6cc[nH]c(=O)c6Oc6ccc(F)cc6C(=O)N(C(C)C)C(C)C)CC54)ccc32)CC1. The van der Waals surface area contributed by atoms with Gasteiger partial charge in [-0.1, -0.05) is 6.07 Å². The number of carbonyl (C=O) groups is 1. The molecule has 3 fully saturated rings. The predicted molar refractivity (Wildman–Crippen MR) is 223 cm³/mol. The molecule has 13 nitrogen and oxygen atoms in total. The van der Waals surface area contributed by atoms with Crippen molar-refractivity contribution in [2.75, 3.05) is 51.2 Å². The number of fused-ring (bicyclic) bond motifs is 2. The highest BCUT2D eigenvalue weighted by atomic mass is 32.2. The second-order valence-corrected chi connectivity index (χ2v) is 18.7. The Morgan fingerprint density at radius 1 is 1.03 bits per heavy atom. The number of nitrogens with one attached hydrogen (secondary N) is 2. The topological polar surface area (TPSA) is 147 Å². The highest BCUT2D eigenvalue weighted by Gasteiger charge is 2.42. The number of carbonyl (C=O) groups excluding carboxylic acids is 1. The number of halogens is 1. The third kappa shape index (κ3) is 8.12. The standard InChI is InChI=1S/C43H55FN8O5S/c1-27(2)52(28(3)4)43(54)36-21-32(44)8-10-40(36)57-41-38(11-15-47-42(41)53)50-25-31-12-18-49(39(31)26-50)24-30-7-9-37-35(29(30)5)22-33(23-45)51(37)20-19-48-16-13-34(14-17-48)58(55,56)46-6/h7-11,15,21-22,27-28,31,34,39,46H,12-14,16-20,24-26H2,1-6H3,(H,47,53). The molecule has 0 saturated carbocycles. The average molecular weight is 815 g/mol. The van der Waals surface area contributed by atoms with Gasteiger partial charge in [-0.3, -0.25) is 14.5 Å². The van der Waals surface area contributed by atoms with Crippen molar-refractivity contribution >= 4 is 32.5 Å². The van der Waals surface area contributed by atoms with Crippen LogP contribution >= 0.6 is 0 Å². The van der Waals surface area contributed by atoms with Crippen LogP contribution in [0.5, 0.6) is 11.5 Å². The van der Waals surface area contributed by atoms with Gasteiger partial charge in [0.15, 0.2) is 0 Å². The van der Waals surface area contributed by atoms with Crippen LogP contribution in [0, 0.1) is 30.0 Å². The highest BCUT2D eigenvalue weighted by molar-refractivity contribution is 7.90. The molecule has 3 aliphatic rings. The van der Waals surface area contributed by atoms with E-state index in [1.54, 1.807) is 11.1 Å². The van der Waals surface area contributed by atoms with Crippen LogP contribution in [0.15, 0.2) is 53.5 Å². The Morgan fingerprint density at radius 3 is 2.47 bits per heavy atom. The molecule has 2 N–H and O–H groups in total. The normalized spacial score (nSPS) is 19.3. The first-order valence-corrected chi connectivity index (χ1v) is 21.9. The summed E-state index contributed by atoms with van der Waals surface area (Å²) in [7, 11) is -1.81. The van der Waals surface area contributed by atoms with Crippen LogP contribution in [-0.4, -0.2) is 108 Å². The molecule has 15 heteroatoms. The van der Waals surface area contributed by atoms with E-state index in [1.807, 2.05) is 39.8 Å². The van der Waals surface area contributed by atoms with Gasteiger partial charge in [0.25, 0.3) is 11.5 Å². The number of H-pyrrole nitrogens is 1. The number of nitriles is 1. The summed E-state index contributed by atoms with van der Waals surface area (Å²) in [6.45, 7) is 15.6. The van der Waals surface area contributed by atoms with E-state index >= 15 is 0 Å². The van der Waals surface area contributed by atoms with Gasteiger partial charge in [0.05, 0.1) is 16.5 Å². The summed E-state index contributed by atoms with van der Waals surface area (Å²) in [5.41, 5.74) is 4.23. The van der Waals surface area contributed by atoms with Crippen LogP contribution in [0.3, 0.4) is 0 Å². The van der Waals surface area contributed by atoms with E-state index in [2.05, 4.69) is 54.1 Å². The summed E-state index contributed by atoms with van der Waals surface area (Å²) in [5, 5.41) is 10.8. The number of benzene rings is 2.